The second-order valence-corrected chi connectivity index (χ2v) is 12.2. The van der Waals surface area contributed by atoms with Crippen LogP contribution in [-0.4, -0.2) is 85.6 Å². The van der Waals surface area contributed by atoms with E-state index in [0.29, 0.717) is 31.6 Å². The fourth-order valence-corrected chi connectivity index (χ4v) is 5.83. The van der Waals surface area contributed by atoms with Crippen molar-refractivity contribution in [3.8, 4) is 0 Å². The Bertz CT molecular complexity index is 1320. The first-order valence-corrected chi connectivity index (χ1v) is 14.8. The lowest BCUT2D eigenvalue weighted by Gasteiger charge is -2.35. The van der Waals surface area contributed by atoms with Crippen LogP contribution in [0.25, 0.3) is 0 Å². The molecule has 2 saturated heterocycles. The maximum atomic E-state index is 13.4. The number of likely N-dealkylation sites (tertiary alicyclic amines) is 1. The second kappa shape index (κ2) is 13.0. The summed E-state index contributed by atoms with van der Waals surface area (Å²) in [5.41, 5.74) is 2.51. The van der Waals surface area contributed by atoms with Gasteiger partial charge in [-0.15, -0.1) is 0 Å². The molecule has 0 aliphatic carbocycles. The van der Waals surface area contributed by atoms with E-state index in [0.717, 1.165) is 42.9 Å². The van der Waals surface area contributed by atoms with Gasteiger partial charge in [0.2, 0.25) is 0 Å². The van der Waals surface area contributed by atoms with Gasteiger partial charge in [0.25, 0.3) is 5.91 Å². The molecule has 4 heterocycles. The van der Waals surface area contributed by atoms with Crippen LogP contribution in [0.3, 0.4) is 0 Å². The third-order valence-corrected chi connectivity index (χ3v) is 7.94. The SMILES string of the molecule is CC(C)(C)OC(=O)N1[C@H](Cc2ccc(C(=O)N3CCN(Cc4ccccn4)CC3)nc2)CC[C@@H]1C(O)c1ccccc1. The summed E-state index contributed by atoms with van der Waals surface area (Å²) in [6.07, 6.45) is 4.26. The van der Waals surface area contributed by atoms with Gasteiger partial charge in [-0.1, -0.05) is 42.5 Å². The zero-order valence-corrected chi connectivity index (χ0v) is 24.7. The van der Waals surface area contributed by atoms with E-state index in [2.05, 4.69) is 14.9 Å². The minimum Gasteiger partial charge on any atom is -0.444 e. The Hall–Kier alpha value is -3.82. The van der Waals surface area contributed by atoms with E-state index in [1.54, 1.807) is 23.4 Å². The van der Waals surface area contributed by atoms with Crippen molar-refractivity contribution in [2.24, 2.45) is 0 Å². The Morgan fingerprint density at radius 1 is 0.952 bits per heavy atom. The Labute approximate surface area is 248 Å². The Morgan fingerprint density at radius 3 is 2.33 bits per heavy atom. The minimum atomic E-state index is -0.814. The largest absolute Gasteiger partial charge is 0.444 e. The highest BCUT2D eigenvalue weighted by atomic mass is 16.6. The first-order chi connectivity index (χ1) is 20.2. The van der Waals surface area contributed by atoms with Crippen molar-refractivity contribution >= 4 is 12.0 Å². The number of piperazine rings is 1. The van der Waals surface area contributed by atoms with E-state index in [4.69, 9.17) is 4.74 Å². The van der Waals surface area contributed by atoms with Crippen LogP contribution in [0.5, 0.6) is 0 Å². The number of carbonyl (C=O) groups excluding carboxylic acids is 2. The molecule has 1 aromatic carbocycles. The van der Waals surface area contributed by atoms with Crippen LogP contribution in [0.1, 0.15) is 67.0 Å². The van der Waals surface area contributed by atoms with Gasteiger partial charge >= 0.3 is 6.09 Å². The van der Waals surface area contributed by atoms with E-state index < -0.39 is 23.8 Å². The number of aromatic nitrogens is 2. The molecule has 9 nitrogen and oxygen atoms in total. The van der Waals surface area contributed by atoms with Crippen molar-refractivity contribution in [2.45, 2.75) is 70.4 Å². The molecular formula is C33H41N5O4. The van der Waals surface area contributed by atoms with Crippen molar-refractivity contribution in [2.75, 3.05) is 26.2 Å². The molecule has 0 bridgehead atoms. The van der Waals surface area contributed by atoms with E-state index >= 15 is 0 Å². The zero-order valence-electron chi connectivity index (χ0n) is 24.7. The van der Waals surface area contributed by atoms with Gasteiger partial charge in [0, 0.05) is 51.2 Å². The number of benzene rings is 1. The van der Waals surface area contributed by atoms with Crippen molar-refractivity contribution in [1.82, 2.24) is 24.7 Å². The number of nitrogens with zero attached hydrogens (tertiary/aromatic N) is 5. The van der Waals surface area contributed by atoms with Crippen LogP contribution < -0.4 is 0 Å². The summed E-state index contributed by atoms with van der Waals surface area (Å²) in [5.74, 6) is -0.0682. The average Bonchev–Trinajstić information content (AvgIpc) is 3.41. The minimum absolute atomic E-state index is 0.0682. The molecule has 0 spiro atoms. The quantitative estimate of drug-likeness (QED) is 0.447. The van der Waals surface area contributed by atoms with Gasteiger partial charge in [0.15, 0.2) is 0 Å². The summed E-state index contributed by atoms with van der Waals surface area (Å²) in [5, 5.41) is 11.2. The third-order valence-electron chi connectivity index (χ3n) is 7.94. The van der Waals surface area contributed by atoms with Gasteiger partial charge in [-0.25, -0.2) is 4.79 Å². The number of ether oxygens (including phenoxy) is 1. The number of aliphatic hydroxyl groups excluding tert-OH is 1. The fraction of sp³-hybridized carbons (Fsp3) is 0.455. The molecule has 0 radical (unpaired) electrons. The maximum Gasteiger partial charge on any atom is 0.410 e. The molecule has 0 saturated carbocycles. The smallest absolute Gasteiger partial charge is 0.410 e. The topological polar surface area (TPSA) is 99.1 Å². The van der Waals surface area contributed by atoms with Crippen LogP contribution in [0.4, 0.5) is 4.79 Å². The highest BCUT2D eigenvalue weighted by Crippen LogP contribution is 2.35. The molecule has 2 aliphatic heterocycles. The summed E-state index contributed by atoms with van der Waals surface area (Å²) < 4.78 is 5.77. The van der Waals surface area contributed by atoms with Crippen LogP contribution in [0.2, 0.25) is 0 Å². The predicted octanol–water partition coefficient (Wildman–Crippen LogP) is 4.48. The molecule has 2 aliphatic rings. The molecule has 1 N–H and O–H groups in total. The normalized spacial score (nSPS) is 20.4. The van der Waals surface area contributed by atoms with Gasteiger partial charge in [-0.2, -0.15) is 0 Å². The summed E-state index contributed by atoms with van der Waals surface area (Å²) >= 11 is 0. The fourth-order valence-electron chi connectivity index (χ4n) is 5.83. The number of pyridine rings is 2. The zero-order chi connectivity index (χ0) is 29.7. The average molecular weight is 572 g/mol. The van der Waals surface area contributed by atoms with E-state index in [1.165, 1.54) is 0 Å². The molecule has 9 heteroatoms. The monoisotopic (exact) mass is 571 g/mol. The number of carbonyl (C=O) groups is 2. The van der Waals surface area contributed by atoms with Crippen molar-refractivity contribution in [3.63, 3.8) is 0 Å². The lowest BCUT2D eigenvalue weighted by Crippen LogP contribution is -2.48. The van der Waals surface area contributed by atoms with E-state index in [-0.39, 0.29) is 11.9 Å². The van der Waals surface area contributed by atoms with Crippen molar-refractivity contribution in [3.05, 3.63) is 95.6 Å². The summed E-state index contributed by atoms with van der Waals surface area (Å²) in [4.78, 5) is 41.3. The molecular weight excluding hydrogens is 530 g/mol. The summed E-state index contributed by atoms with van der Waals surface area (Å²) in [7, 11) is 0. The predicted molar refractivity (Wildman–Crippen MR) is 160 cm³/mol. The lowest BCUT2D eigenvalue weighted by atomic mass is 10.0. The highest BCUT2D eigenvalue weighted by Gasteiger charge is 2.43. The van der Waals surface area contributed by atoms with E-state index in [9.17, 15) is 14.7 Å². The van der Waals surface area contributed by atoms with Gasteiger partial charge in [0.05, 0.1) is 17.8 Å². The first kappa shape index (κ1) is 29.7. The molecule has 222 valence electrons. The van der Waals surface area contributed by atoms with Crippen LogP contribution in [0, 0.1) is 0 Å². The van der Waals surface area contributed by atoms with Gasteiger partial charge in [-0.05, 0) is 69.4 Å². The van der Waals surface area contributed by atoms with Crippen LogP contribution in [-0.2, 0) is 17.7 Å². The maximum absolute atomic E-state index is 13.4. The van der Waals surface area contributed by atoms with Crippen LogP contribution in [0.15, 0.2) is 73.1 Å². The van der Waals surface area contributed by atoms with E-state index in [1.807, 2.05) is 80.3 Å². The first-order valence-electron chi connectivity index (χ1n) is 14.8. The number of rotatable bonds is 7. The number of amides is 2. The standard InChI is InChI=1S/C33H41N5O4/c1-33(2,3)42-32(41)38-27(13-15-29(38)30(39)25-9-5-4-6-10-25)21-24-12-14-28(35-22-24)31(40)37-19-17-36(18-20-37)23-26-11-7-8-16-34-26/h4-12,14,16,22,27,29-30,39H,13,15,17-21,23H2,1-3H3/t27-,29+,30?/m0/s1. The van der Waals surface area contributed by atoms with Crippen LogP contribution >= 0.6 is 0 Å². The molecule has 1 unspecified atom stereocenters. The van der Waals surface area contributed by atoms with Crippen molar-refractivity contribution in [1.29, 1.82) is 0 Å². The van der Waals surface area contributed by atoms with Crippen molar-refractivity contribution < 1.29 is 19.4 Å². The second-order valence-electron chi connectivity index (χ2n) is 12.2. The summed E-state index contributed by atoms with van der Waals surface area (Å²) in [6.45, 7) is 9.19. The van der Waals surface area contributed by atoms with Gasteiger partial charge in [0.1, 0.15) is 11.3 Å². The highest BCUT2D eigenvalue weighted by molar-refractivity contribution is 5.92. The summed E-state index contributed by atoms with van der Waals surface area (Å²) in [6, 6.07) is 18.5. The molecule has 3 aromatic rings. The number of hydrogen-bond acceptors (Lipinski definition) is 7. The number of aliphatic hydroxyl groups is 1. The third kappa shape index (κ3) is 7.33. The Kier molecular flexibility index (Phi) is 9.18. The number of hydrogen-bond donors (Lipinski definition) is 1. The molecule has 2 aromatic heterocycles. The van der Waals surface area contributed by atoms with Gasteiger partial charge < -0.3 is 14.7 Å². The molecule has 2 amide bonds. The molecule has 3 atom stereocenters. The van der Waals surface area contributed by atoms with Gasteiger partial charge in [-0.3, -0.25) is 24.6 Å². The Morgan fingerprint density at radius 2 is 1.69 bits per heavy atom. The Balaban J connectivity index is 1.21. The molecule has 5 rings (SSSR count). The lowest BCUT2D eigenvalue weighted by molar-refractivity contribution is -0.00454. The molecule has 2 fully saturated rings. The molecule has 42 heavy (non-hydrogen) atoms.